The Hall–Kier alpha value is -1.97. The van der Waals surface area contributed by atoms with E-state index in [0.29, 0.717) is 5.82 Å². The van der Waals surface area contributed by atoms with Gasteiger partial charge in [-0.15, -0.1) is 0 Å². The Balaban J connectivity index is 2.33. The first-order chi connectivity index (χ1) is 9.67. The Kier molecular flexibility index (Phi) is 4.66. The second kappa shape index (κ2) is 6.46. The summed E-state index contributed by atoms with van der Waals surface area (Å²) in [5.74, 6) is 2.60. The van der Waals surface area contributed by atoms with Crippen LogP contribution in [-0.4, -0.2) is 16.2 Å². The molecule has 4 nitrogen and oxygen atoms in total. The quantitative estimate of drug-likeness (QED) is 0.877. The fourth-order valence-corrected chi connectivity index (χ4v) is 2.17. The normalized spacial score (nSPS) is 10.8. The molecule has 1 aromatic heterocycles. The molecule has 0 aliphatic carbocycles. The van der Waals surface area contributed by atoms with Crippen LogP contribution in [0, 0.1) is 0 Å². The van der Waals surface area contributed by atoms with Crippen molar-refractivity contribution in [2.75, 3.05) is 12.3 Å². The van der Waals surface area contributed by atoms with Crippen molar-refractivity contribution in [2.24, 2.45) is 7.05 Å². The van der Waals surface area contributed by atoms with Gasteiger partial charge in [-0.2, -0.15) is 0 Å². The van der Waals surface area contributed by atoms with Gasteiger partial charge in [0, 0.05) is 19.0 Å². The van der Waals surface area contributed by atoms with Crippen LogP contribution in [0.15, 0.2) is 24.3 Å². The van der Waals surface area contributed by atoms with Crippen LogP contribution >= 0.6 is 0 Å². The Morgan fingerprint density at radius 3 is 2.75 bits per heavy atom. The van der Waals surface area contributed by atoms with Gasteiger partial charge in [0.25, 0.3) is 0 Å². The number of hydrogen-bond acceptors (Lipinski definition) is 3. The Morgan fingerprint density at radius 2 is 2.05 bits per heavy atom. The number of rotatable bonds is 6. The lowest BCUT2D eigenvalue weighted by atomic mass is 10.1. The molecule has 1 heterocycles. The molecule has 4 heteroatoms. The van der Waals surface area contributed by atoms with Gasteiger partial charge in [0.05, 0.1) is 6.61 Å². The van der Waals surface area contributed by atoms with Gasteiger partial charge in [-0.05, 0) is 25.0 Å². The van der Waals surface area contributed by atoms with E-state index >= 15 is 0 Å². The van der Waals surface area contributed by atoms with Crippen LogP contribution in [0.2, 0.25) is 0 Å². The van der Waals surface area contributed by atoms with E-state index in [1.165, 1.54) is 0 Å². The summed E-state index contributed by atoms with van der Waals surface area (Å²) in [6.45, 7) is 4.96. The second-order valence-corrected chi connectivity index (χ2v) is 4.95. The summed E-state index contributed by atoms with van der Waals surface area (Å²) in [6.07, 6.45) is 2.99. The van der Waals surface area contributed by atoms with E-state index in [9.17, 15) is 0 Å². The lowest BCUT2D eigenvalue weighted by Gasteiger charge is -2.06. The number of nitrogen functional groups attached to an aromatic ring is 1. The predicted octanol–water partition coefficient (Wildman–Crippen LogP) is 3.41. The predicted molar refractivity (Wildman–Crippen MR) is 82.8 cm³/mol. The zero-order chi connectivity index (χ0) is 14.5. The first kappa shape index (κ1) is 14.4. The molecule has 2 rings (SSSR count). The standard InChI is InChI=1S/C16H23N3O/c1-4-7-14-18-15(16(17)19(14)3)12-8-6-9-13(11-12)20-10-5-2/h6,8-9,11H,4-5,7,10,17H2,1-3H3. The molecule has 0 atom stereocenters. The van der Waals surface area contributed by atoms with E-state index in [1.54, 1.807) is 0 Å². The van der Waals surface area contributed by atoms with Gasteiger partial charge in [-0.25, -0.2) is 4.98 Å². The number of benzene rings is 1. The number of nitrogens with zero attached hydrogens (tertiary/aromatic N) is 2. The van der Waals surface area contributed by atoms with Gasteiger partial charge in [-0.3, -0.25) is 0 Å². The van der Waals surface area contributed by atoms with Gasteiger partial charge >= 0.3 is 0 Å². The third kappa shape index (κ3) is 2.95. The average molecular weight is 273 g/mol. The van der Waals surface area contributed by atoms with Crippen molar-refractivity contribution in [1.82, 2.24) is 9.55 Å². The molecule has 108 valence electrons. The van der Waals surface area contributed by atoms with Crippen LogP contribution in [0.25, 0.3) is 11.3 Å². The summed E-state index contributed by atoms with van der Waals surface area (Å²) >= 11 is 0. The molecule has 0 fully saturated rings. The minimum absolute atomic E-state index is 0.709. The molecule has 20 heavy (non-hydrogen) atoms. The number of hydrogen-bond donors (Lipinski definition) is 1. The fraction of sp³-hybridized carbons (Fsp3) is 0.438. The molecule has 0 saturated heterocycles. The minimum atomic E-state index is 0.709. The maximum absolute atomic E-state index is 6.18. The molecule has 1 aromatic carbocycles. The van der Waals surface area contributed by atoms with Crippen molar-refractivity contribution < 1.29 is 4.74 Å². The monoisotopic (exact) mass is 273 g/mol. The number of imidazole rings is 1. The van der Waals surface area contributed by atoms with Crippen molar-refractivity contribution in [3.8, 4) is 17.0 Å². The smallest absolute Gasteiger partial charge is 0.131 e. The van der Waals surface area contributed by atoms with Crippen molar-refractivity contribution >= 4 is 5.82 Å². The molecular formula is C16H23N3O. The molecule has 0 saturated carbocycles. The number of ether oxygens (including phenoxy) is 1. The van der Waals surface area contributed by atoms with Gasteiger partial charge in [-0.1, -0.05) is 26.0 Å². The summed E-state index contributed by atoms with van der Waals surface area (Å²) < 4.78 is 7.64. The van der Waals surface area contributed by atoms with Crippen molar-refractivity contribution in [3.63, 3.8) is 0 Å². The molecule has 0 aliphatic rings. The fourth-order valence-electron chi connectivity index (χ4n) is 2.17. The second-order valence-electron chi connectivity index (χ2n) is 4.95. The summed E-state index contributed by atoms with van der Waals surface area (Å²) in [5, 5.41) is 0. The molecule has 2 N–H and O–H groups in total. The van der Waals surface area contributed by atoms with E-state index in [4.69, 9.17) is 10.5 Å². The van der Waals surface area contributed by atoms with Gasteiger partial charge < -0.3 is 15.0 Å². The first-order valence-corrected chi connectivity index (χ1v) is 7.21. The van der Waals surface area contributed by atoms with Crippen molar-refractivity contribution in [1.29, 1.82) is 0 Å². The van der Waals surface area contributed by atoms with E-state index in [1.807, 2.05) is 35.9 Å². The molecule has 0 spiro atoms. The van der Waals surface area contributed by atoms with Gasteiger partial charge in [0.1, 0.15) is 23.1 Å². The molecule has 0 radical (unpaired) electrons. The molecule has 0 bridgehead atoms. The van der Waals surface area contributed by atoms with Crippen LogP contribution in [0.3, 0.4) is 0 Å². The average Bonchev–Trinajstić information content (AvgIpc) is 2.74. The Bertz CT molecular complexity index is 575. The van der Waals surface area contributed by atoms with E-state index in [0.717, 1.165) is 48.7 Å². The summed E-state index contributed by atoms with van der Waals surface area (Å²) in [6, 6.07) is 7.97. The number of aryl methyl sites for hydroxylation is 1. The topological polar surface area (TPSA) is 53.1 Å². The highest BCUT2D eigenvalue weighted by Crippen LogP contribution is 2.28. The van der Waals surface area contributed by atoms with E-state index < -0.39 is 0 Å². The molecule has 0 unspecified atom stereocenters. The lowest BCUT2D eigenvalue weighted by molar-refractivity contribution is 0.317. The van der Waals surface area contributed by atoms with E-state index in [-0.39, 0.29) is 0 Å². The van der Waals surface area contributed by atoms with Crippen LogP contribution in [0.4, 0.5) is 5.82 Å². The molecule has 0 amide bonds. The maximum Gasteiger partial charge on any atom is 0.131 e. The van der Waals surface area contributed by atoms with E-state index in [2.05, 4.69) is 18.8 Å². The minimum Gasteiger partial charge on any atom is -0.494 e. The van der Waals surface area contributed by atoms with Crippen molar-refractivity contribution in [2.45, 2.75) is 33.1 Å². The highest BCUT2D eigenvalue weighted by molar-refractivity contribution is 5.72. The van der Waals surface area contributed by atoms with Gasteiger partial charge in [0.2, 0.25) is 0 Å². The van der Waals surface area contributed by atoms with Crippen LogP contribution in [0.1, 0.15) is 32.5 Å². The molecular weight excluding hydrogens is 250 g/mol. The first-order valence-electron chi connectivity index (χ1n) is 7.21. The molecule has 0 aliphatic heterocycles. The highest BCUT2D eigenvalue weighted by atomic mass is 16.5. The van der Waals surface area contributed by atoms with Crippen LogP contribution in [-0.2, 0) is 13.5 Å². The van der Waals surface area contributed by atoms with Crippen molar-refractivity contribution in [3.05, 3.63) is 30.1 Å². The third-order valence-corrected chi connectivity index (χ3v) is 3.29. The van der Waals surface area contributed by atoms with Gasteiger partial charge in [0.15, 0.2) is 0 Å². The molecule has 2 aromatic rings. The highest BCUT2D eigenvalue weighted by Gasteiger charge is 2.13. The van der Waals surface area contributed by atoms with Crippen LogP contribution in [0.5, 0.6) is 5.75 Å². The van der Waals surface area contributed by atoms with Crippen LogP contribution < -0.4 is 10.5 Å². The summed E-state index contributed by atoms with van der Waals surface area (Å²) in [5.41, 5.74) is 8.03. The lowest BCUT2D eigenvalue weighted by Crippen LogP contribution is -2.01. The summed E-state index contributed by atoms with van der Waals surface area (Å²) in [7, 11) is 1.97. The zero-order valence-corrected chi connectivity index (χ0v) is 12.5. The Morgan fingerprint density at radius 1 is 1.25 bits per heavy atom. The Labute approximate surface area is 120 Å². The number of nitrogens with two attached hydrogens (primary N) is 1. The number of anilines is 1. The SMILES string of the molecule is CCCOc1cccc(-c2nc(CCC)n(C)c2N)c1. The number of aromatic nitrogens is 2. The zero-order valence-electron chi connectivity index (χ0n) is 12.5. The largest absolute Gasteiger partial charge is 0.494 e. The summed E-state index contributed by atoms with van der Waals surface area (Å²) in [4.78, 5) is 4.67. The maximum atomic E-state index is 6.18. The third-order valence-electron chi connectivity index (χ3n) is 3.29.